The molecule has 0 fully saturated rings. The second kappa shape index (κ2) is 14.2. The molecule has 0 aromatic heterocycles. The van der Waals surface area contributed by atoms with Crippen LogP contribution in [0.4, 0.5) is 4.20 Å². The molecule has 2 atom stereocenters. The molecule has 0 unspecified atom stereocenters. The van der Waals surface area contributed by atoms with Gasteiger partial charge in [-0.1, -0.05) is 0 Å². The summed E-state index contributed by atoms with van der Waals surface area (Å²) in [5, 5.41) is 16.4. The first-order chi connectivity index (χ1) is 11.1. The summed E-state index contributed by atoms with van der Waals surface area (Å²) in [5.74, 6) is -3.28. The SMILES string of the molecule is NC(=O)CC[C@H](N)C(=O)O.NC(=O)CC[C@H](N)C(=O)O.O=P(O)(O)F. The lowest BCUT2D eigenvalue weighted by molar-refractivity contribution is -0.139. The van der Waals surface area contributed by atoms with E-state index in [0.717, 1.165) is 0 Å². The molecule has 0 radical (unpaired) electrons. The lowest BCUT2D eigenvalue weighted by Crippen LogP contribution is -2.31. The van der Waals surface area contributed by atoms with E-state index in [9.17, 15) is 23.4 Å². The van der Waals surface area contributed by atoms with Crippen molar-refractivity contribution in [3.8, 4) is 0 Å². The van der Waals surface area contributed by atoms with Crippen molar-refractivity contribution in [1.82, 2.24) is 0 Å². The van der Waals surface area contributed by atoms with Crippen molar-refractivity contribution >= 4 is 31.7 Å². The lowest BCUT2D eigenvalue weighted by atomic mass is 10.2. The highest BCUT2D eigenvalue weighted by atomic mass is 31.2. The Hall–Kier alpha value is -2.12. The number of carboxylic acids is 2. The molecular weight excluding hydrogens is 370 g/mol. The molecule has 0 heterocycles. The Morgan fingerprint density at radius 2 is 1.04 bits per heavy atom. The zero-order valence-corrected chi connectivity index (χ0v) is 13.8. The van der Waals surface area contributed by atoms with Crippen LogP contribution >= 0.6 is 7.91 Å². The summed E-state index contributed by atoms with van der Waals surface area (Å²) in [5.41, 5.74) is 19.6. The zero-order chi connectivity index (χ0) is 20.8. The number of rotatable bonds is 8. The van der Waals surface area contributed by atoms with Crippen LogP contribution < -0.4 is 22.9 Å². The summed E-state index contributed by atoms with van der Waals surface area (Å²) in [4.78, 5) is 54.2. The number of primary amides is 2. The van der Waals surface area contributed by atoms with Crippen LogP contribution in [-0.4, -0.2) is 55.8 Å². The molecule has 15 heteroatoms. The largest absolute Gasteiger partial charge is 0.507 e. The van der Waals surface area contributed by atoms with Crippen LogP contribution in [0, 0.1) is 0 Å². The second-order valence-electron chi connectivity index (χ2n) is 4.37. The van der Waals surface area contributed by atoms with Gasteiger partial charge >= 0.3 is 19.8 Å². The minimum atomic E-state index is -5.14. The Bertz CT molecular complexity index is 457. The minimum absolute atomic E-state index is 0.0213. The van der Waals surface area contributed by atoms with E-state index in [-0.39, 0.29) is 25.7 Å². The van der Waals surface area contributed by atoms with Gasteiger partial charge in [0.05, 0.1) is 0 Å². The minimum Gasteiger partial charge on any atom is -0.480 e. The Morgan fingerprint density at radius 3 is 1.16 bits per heavy atom. The van der Waals surface area contributed by atoms with E-state index in [1.807, 2.05) is 0 Å². The van der Waals surface area contributed by atoms with Gasteiger partial charge in [-0.3, -0.25) is 29.0 Å². The number of carbonyl (C=O) groups is 4. The van der Waals surface area contributed by atoms with Crippen LogP contribution in [-0.2, 0) is 23.7 Å². The molecule has 0 rings (SSSR count). The predicted octanol–water partition coefficient (Wildman–Crippen LogP) is -2.62. The average Bonchev–Trinajstić information content (AvgIpc) is 2.40. The Balaban J connectivity index is -0.000000308. The van der Waals surface area contributed by atoms with Gasteiger partial charge in [0.25, 0.3) is 0 Å². The summed E-state index contributed by atoms with van der Waals surface area (Å²) in [7, 11) is -5.14. The number of amides is 2. The summed E-state index contributed by atoms with van der Waals surface area (Å²) in [6, 6.07) is -1.96. The molecule has 0 aliphatic heterocycles. The third-order valence-corrected chi connectivity index (χ3v) is 2.04. The van der Waals surface area contributed by atoms with Gasteiger partial charge in [0.1, 0.15) is 12.1 Å². The van der Waals surface area contributed by atoms with E-state index < -0.39 is 43.7 Å². The molecule has 12 N–H and O–H groups in total. The van der Waals surface area contributed by atoms with E-state index in [1.54, 1.807) is 0 Å². The van der Waals surface area contributed by atoms with Gasteiger partial charge in [0.15, 0.2) is 0 Å². The fourth-order valence-corrected chi connectivity index (χ4v) is 0.842. The van der Waals surface area contributed by atoms with E-state index in [2.05, 4.69) is 0 Å². The number of aliphatic carboxylic acids is 2. The molecule has 0 aromatic rings. The van der Waals surface area contributed by atoms with Gasteiger partial charge in [0.2, 0.25) is 11.8 Å². The Labute approximate surface area is 141 Å². The Morgan fingerprint density at radius 1 is 0.840 bits per heavy atom. The lowest BCUT2D eigenvalue weighted by Gasteiger charge is -2.01. The molecule has 0 saturated heterocycles. The molecule has 0 aromatic carbocycles. The molecular formula is C10H22FN4O9P. The number of halogens is 1. The summed E-state index contributed by atoms with van der Waals surface area (Å²) in [6.07, 6.45) is 0.246. The number of carboxylic acid groups (broad SMARTS) is 2. The van der Waals surface area contributed by atoms with Crippen molar-refractivity contribution in [1.29, 1.82) is 0 Å². The first-order valence-corrected chi connectivity index (χ1v) is 7.86. The van der Waals surface area contributed by atoms with E-state index >= 15 is 0 Å². The number of hydrogen-bond acceptors (Lipinski definition) is 7. The van der Waals surface area contributed by atoms with Crippen LogP contribution in [0.5, 0.6) is 0 Å². The van der Waals surface area contributed by atoms with Crippen molar-refractivity contribution in [2.45, 2.75) is 37.8 Å². The van der Waals surface area contributed by atoms with Crippen molar-refractivity contribution < 1.29 is 47.9 Å². The fraction of sp³-hybridized carbons (Fsp3) is 0.600. The summed E-state index contributed by atoms with van der Waals surface area (Å²) in [6.45, 7) is 0. The standard InChI is InChI=1S/2C5H10N2O3.FH2O3P/c2*6-3(5(9)10)1-2-4(7)8;1-5(2,3)4/h2*3H,1-2,6H2,(H2,7,8)(H,9,10);(H2,2,3,4)/t2*3-;/m00./s1. The number of nitrogens with two attached hydrogens (primary N) is 4. The van der Waals surface area contributed by atoms with Crippen molar-refractivity contribution in [3.63, 3.8) is 0 Å². The van der Waals surface area contributed by atoms with Crippen LogP contribution in [0.2, 0.25) is 0 Å². The molecule has 2 amide bonds. The maximum atomic E-state index is 10.4. The number of hydrogen-bond donors (Lipinski definition) is 8. The normalized spacial score (nSPS) is 12.4. The maximum Gasteiger partial charge on any atom is 0.507 e. The molecule has 0 aliphatic carbocycles. The molecule has 0 aliphatic rings. The molecule has 25 heavy (non-hydrogen) atoms. The van der Waals surface area contributed by atoms with Crippen LogP contribution in [0.25, 0.3) is 0 Å². The van der Waals surface area contributed by atoms with Gasteiger partial charge in [-0.15, -0.1) is 4.20 Å². The third-order valence-electron chi connectivity index (χ3n) is 2.04. The monoisotopic (exact) mass is 392 g/mol. The van der Waals surface area contributed by atoms with Crippen molar-refractivity contribution in [2.24, 2.45) is 22.9 Å². The van der Waals surface area contributed by atoms with Crippen LogP contribution in [0.3, 0.4) is 0 Å². The molecule has 0 saturated carbocycles. The highest BCUT2D eigenvalue weighted by Gasteiger charge is 2.12. The van der Waals surface area contributed by atoms with E-state index in [1.165, 1.54) is 0 Å². The van der Waals surface area contributed by atoms with Gasteiger partial charge in [0, 0.05) is 12.8 Å². The molecule has 13 nitrogen and oxygen atoms in total. The highest BCUT2D eigenvalue weighted by Crippen LogP contribution is 2.34. The highest BCUT2D eigenvalue weighted by molar-refractivity contribution is 7.45. The van der Waals surface area contributed by atoms with Gasteiger partial charge in [-0.05, 0) is 12.8 Å². The quantitative estimate of drug-likeness (QED) is 0.198. The first kappa shape index (κ1) is 27.7. The third kappa shape index (κ3) is 34.3. The Kier molecular flexibility index (Phi) is 15.8. The summed E-state index contributed by atoms with van der Waals surface area (Å²) < 4.78 is 19.0. The van der Waals surface area contributed by atoms with Gasteiger partial charge < -0.3 is 33.1 Å². The van der Waals surface area contributed by atoms with Crippen LogP contribution in [0.15, 0.2) is 0 Å². The predicted molar refractivity (Wildman–Crippen MR) is 81.2 cm³/mol. The smallest absolute Gasteiger partial charge is 0.480 e. The second-order valence-corrected chi connectivity index (χ2v) is 5.32. The van der Waals surface area contributed by atoms with Crippen molar-refractivity contribution in [3.05, 3.63) is 0 Å². The topological polar surface area (TPSA) is 270 Å². The van der Waals surface area contributed by atoms with Crippen LogP contribution in [0.1, 0.15) is 25.7 Å². The van der Waals surface area contributed by atoms with Crippen molar-refractivity contribution in [2.75, 3.05) is 0 Å². The maximum absolute atomic E-state index is 10.4. The van der Waals surface area contributed by atoms with Gasteiger partial charge in [-0.25, -0.2) is 4.57 Å². The zero-order valence-electron chi connectivity index (χ0n) is 12.9. The van der Waals surface area contributed by atoms with Gasteiger partial charge in [-0.2, -0.15) is 0 Å². The summed E-state index contributed by atoms with van der Waals surface area (Å²) >= 11 is 0. The fourth-order valence-electron chi connectivity index (χ4n) is 0.842. The number of carbonyl (C=O) groups excluding carboxylic acids is 2. The molecule has 148 valence electrons. The molecule has 0 spiro atoms. The first-order valence-electron chi connectivity index (χ1n) is 6.36. The average molecular weight is 392 g/mol. The van der Waals surface area contributed by atoms with E-state index in [0.29, 0.717) is 0 Å². The van der Waals surface area contributed by atoms with E-state index in [4.69, 9.17) is 47.5 Å². The molecule has 0 bridgehead atoms.